The number of hydrogen-bond acceptors (Lipinski definition) is 10. The van der Waals surface area contributed by atoms with Crippen molar-refractivity contribution in [2.75, 3.05) is 6.54 Å². The van der Waals surface area contributed by atoms with Crippen molar-refractivity contribution in [1.29, 1.82) is 11.1 Å². The van der Waals surface area contributed by atoms with Gasteiger partial charge in [-0.15, -0.1) is 0 Å². The Morgan fingerprint density at radius 1 is 0.793 bits per heavy atom. The predicted octanol–water partition coefficient (Wildman–Crippen LogP) is -0.0122. The fourth-order valence-corrected chi connectivity index (χ4v) is 0.335. The fourth-order valence-electron chi connectivity index (χ4n) is 0.335. The van der Waals surface area contributed by atoms with Gasteiger partial charge in [0.1, 0.15) is 6.54 Å². The number of primary amides is 2. The number of azo groups is 2. The second kappa shape index (κ2) is 27.6. The van der Waals surface area contributed by atoms with E-state index in [0.717, 1.165) is 0 Å². The number of hydrogen-bond donors (Lipinski definition) is 9. The third-order valence-electron chi connectivity index (χ3n) is 0.859. The number of nitrogens with one attached hydrogen (secondary N) is 3. The van der Waals surface area contributed by atoms with Gasteiger partial charge in [0.25, 0.3) is 0 Å². The van der Waals surface area contributed by atoms with Gasteiger partial charge < -0.3 is 37.2 Å². The molecule has 0 aliphatic heterocycles. The maximum absolute atomic E-state index is 9.60. The van der Waals surface area contributed by atoms with E-state index >= 15 is 0 Å². The number of amides is 7. The molecular formula is C8H15N9O12. The van der Waals surface area contributed by atoms with Crippen LogP contribution in [0.3, 0.4) is 0 Å². The van der Waals surface area contributed by atoms with Crippen molar-refractivity contribution in [1.82, 2.24) is 5.32 Å². The Morgan fingerprint density at radius 2 is 1.07 bits per heavy atom. The van der Waals surface area contributed by atoms with Crippen LogP contribution in [0.4, 0.5) is 24.0 Å². The van der Waals surface area contributed by atoms with Gasteiger partial charge in [0.2, 0.25) is 0 Å². The van der Waals surface area contributed by atoms with Crippen molar-refractivity contribution in [3.05, 3.63) is 0 Å². The van der Waals surface area contributed by atoms with Gasteiger partial charge in [0.15, 0.2) is 0 Å². The summed E-state index contributed by atoms with van der Waals surface area (Å²) in [6, 6.07) is -2.24. The molecule has 29 heavy (non-hydrogen) atoms. The van der Waals surface area contributed by atoms with Gasteiger partial charge in [-0.05, 0) is 0 Å². The van der Waals surface area contributed by atoms with Gasteiger partial charge in [0.05, 0.1) is 0 Å². The van der Waals surface area contributed by atoms with E-state index < -0.39 is 42.9 Å². The lowest BCUT2D eigenvalue weighted by molar-refractivity contribution is -0.191. The molecule has 0 spiro atoms. The summed E-state index contributed by atoms with van der Waals surface area (Å²) in [5.41, 5.74) is 18.8. The molecule has 0 aromatic carbocycles. The van der Waals surface area contributed by atoms with Crippen LogP contribution < -0.4 is 16.8 Å². The minimum atomic E-state index is -1.54. The Bertz CT molecular complexity index is 566. The molecule has 11 N–H and O–H groups in total. The van der Waals surface area contributed by atoms with Gasteiger partial charge in [-0.2, -0.15) is 9.59 Å². The minimum Gasteiger partial charge on any atom is -0.480 e. The summed E-state index contributed by atoms with van der Waals surface area (Å²) >= 11 is 0. The van der Waals surface area contributed by atoms with Gasteiger partial charge in [0, 0.05) is 1.43 Å². The number of carboxylic acids is 1. The first-order valence-corrected chi connectivity index (χ1v) is 5.61. The molecule has 0 rings (SSSR count). The fraction of sp³-hybridized carbons (Fsp3) is 0.125. The van der Waals surface area contributed by atoms with Crippen LogP contribution in [0.25, 0.3) is 0 Å². The van der Waals surface area contributed by atoms with Crippen molar-refractivity contribution in [3.8, 4) is 0 Å². The van der Waals surface area contributed by atoms with Crippen LogP contribution in [0.2, 0.25) is 0 Å². The van der Waals surface area contributed by atoms with Crippen LogP contribution >= 0.6 is 0 Å². The van der Waals surface area contributed by atoms with E-state index in [-0.39, 0.29) is 7.58 Å². The van der Waals surface area contributed by atoms with E-state index in [2.05, 4.69) is 31.9 Å². The molecule has 0 saturated carbocycles. The first kappa shape index (κ1) is 35.0. The summed E-state index contributed by atoms with van der Waals surface area (Å²) in [4.78, 5) is 73.4. The summed E-state index contributed by atoms with van der Waals surface area (Å²) in [6.45, 7) is -0.546. The predicted molar refractivity (Wildman–Crippen MR) is 81.2 cm³/mol. The molecule has 0 unspecified atom stereocenters. The molecule has 0 bridgehead atoms. The Labute approximate surface area is 158 Å². The zero-order valence-corrected chi connectivity index (χ0v) is 13.7. The van der Waals surface area contributed by atoms with E-state index in [9.17, 15) is 28.8 Å². The number of aliphatic carboxylic acids is 1. The standard InChI is InChI=1S/C3H5NO4.2C2H3N3O3.CO2.H2N2.H2/c5-2(6)1-4-3(7)8;2*3-1(6)4-5-2(7)8;2-1-3;1-2;/h4H,1H2,(H,5,6)(H,7,8);2*(H2,3,6)(H,7,8);;1-2H;1H. The average molecular weight is 429 g/mol. The average Bonchev–Trinajstić information content (AvgIpc) is 2.60. The van der Waals surface area contributed by atoms with Crippen LogP contribution in [0.1, 0.15) is 1.43 Å². The Kier molecular flexibility index (Phi) is 33.4. The lowest BCUT2D eigenvalue weighted by Gasteiger charge is -1.90. The SMILES string of the molecule is N=N.NC(=O)N=NC(=O)O.NC(=O)N=NC(=O)O.O=C(O)CNC(=O)O.O=C=O.[HH]. The zero-order chi connectivity index (χ0) is 24.4. The second-order valence-electron chi connectivity index (χ2n) is 2.78. The third-order valence-corrected chi connectivity index (χ3v) is 0.859. The summed E-state index contributed by atoms with van der Waals surface area (Å²) in [5, 5.41) is 42.4. The monoisotopic (exact) mass is 429 g/mol. The Hall–Kier alpha value is -5.20. The number of carboxylic acid groups (broad SMARTS) is 4. The van der Waals surface area contributed by atoms with Crippen molar-refractivity contribution in [3.63, 3.8) is 0 Å². The van der Waals surface area contributed by atoms with Crippen LogP contribution in [0.15, 0.2) is 20.5 Å². The van der Waals surface area contributed by atoms with Gasteiger partial charge in [-0.25, -0.2) is 35.0 Å². The van der Waals surface area contributed by atoms with E-state index in [4.69, 9.17) is 41.1 Å². The van der Waals surface area contributed by atoms with E-state index in [1.165, 1.54) is 0 Å². The van der Waals surface area contributed by atoms with Crippen molar-refractivity contribution in [2.45, 2.75) is 0 Å². The van der Waals surface area contributed by atoms with Gasteiger partial charge >= 0.3 is 42.5 Å². The summed E-state index contributed by atoms with van der Waals surface area (Å²) in [6.07, 6.45) is -4.15. The molecule has 0 atom stereocenters. The normalized spacial score (nSPS) is 7.86. The molecule has 0 fully saturated rings. The molecule has 0 saturated heterocycles. The summed E-state index contributed by atoms with van der Waals surface area (Å²) in [5.74, 6) is -1.19. The molecule has 7 amide bonds. The number of carbonyl (C=O) groups excluding carboxylic acids is 4. The number of nitrogens with two attached hydrogens (primary N) is 2. The van der Waals surface area contributed by atoms with E-state index in [1.807, 2.05) is 0 Å². The van der Waals surface area contributed by atoms with E-state index in [1.54, 1.807) is 5.32 Å². The number of urea groups is 2. The molecular weight excluding hydrogens is 414 g/mol. The topological polar surface area (TPSA) is 379 Å². The highest BCUT2D eigenvalue weighted by molar-refractivity contribution is 5.76. The highest BCUT2D eigenvalue weighted by Gasteiger charge is 1.97. The summed E-state index contributed by atoms with van der Waals surface area (Å²) in [7, 11) is 0. The second-order valence-corrected chi connectivity index (χ2v) is 2.78. The molecule has 0 radical (unpaired) electrons. The van der Waals surface area contributed by atoms with Crippen LogP contribution in [-0.4, -0.2) is 69.4 Å². The zero-order valence-electron chi connectivity index (χ0n) is 13.7. The smallest absolute Gasteiger partial charge is 0.450 e. The van der Waals surface area contributed by atoms with Gasteiger partial charge in [-0.1, -0.05) is 20.5 Å². The van der Waals surface area contributed by atoms with E-state index in [0.29, 0.717) is 0 Å². The Morgan fingerprint density at radius 3 is 1.14 bits per heavy atom. The molecule has 21 heteroatoms. The first-order valence-electron chi connectivity index (χ1n) is 5.61. The van der Waals surface area contributed by atoms with Crippen LogP contribution in [-0.2, 0) is 14.4 Å². The van der Waals surface area contributed by atoms with Crippen molar-refractivity contribution in [2.24, 2.45) is 31.9 Å². The number of carbonyl (C=O) groups is 6. The molecule has 0 heterocycles. The maximum atomic E-state index is 9.60. The lowest BCUT2D eigenvalue weighted by atomic mass is 10.7. The molecule has 0 aliphatic carbocycles. The third kappa shape index (κ3) is 103. The van der Waals surface area contributed by atoms with Gasteiger partial charge in [-0.3, -0.25) is 4.79 Å². The maximum Gasteiger partial charge on any atom is 0.450 e. The lowest BCUT2D eigenvalue weighted by Crippen LogP contribution is -2.27. The first-order chi connectivity index (χ1) is 13.3. The Balaban J connectivity index is -0.0000000639. The largest absolute Gasteiger partial charge is 0.480 e. The molecule has 21 nitrogen and oxygen atoms in total. The van der Waals surface area contributed by atoms with Crippen LogP contribution in [0.5, 0.6) is 0 Å². The van der Waals surface area contributed by atoms with Crippen molar-refractivity contribution < 1.29 is 60.2 Å². The number of nitrogens with zero attached hydrogens (tertiary/aromatic N) is 4. The molecule has 0 aromatic rings. The van der Waals surface area contributed by atoms with Crippen LogP contribution in [0, 0.1) is 11.1 Å². The molecule has 0 aromatic heterocycles. The quantitative estimate of drug-likeness (QED) is 0.261. The highest BCUT2D eigenvalue weighted by atomic mass is 16.4. The highest BCUT2D eigenvalue weighted by Crippen LogP contribution is 1.75. The molecule has 164 valence electrons. The minimum absolute atomic E-state index is 0. The summed E-state index contributed by atoms with van der Waals surface area (Å²) < 4.78 is 0. The molecule has 0 aliphatic rings. The number of rotatable bonds is 2. The van der Waals surface area contributed by atoms with Crippen molar-refractivity contribution >= 4 is 42.5 Å².